The van der Waals surface area contributed by atoms with Crippen molar-refractivity contribution < 1.29 is 15.0 Å². The average Bonchev–Trinajstić information content (AvgIpc) is 2.87. The molecule has 2 aromatic rings. The van der Waals surface area contributed by atoms with Crippen molar-refractivity contribution in [3.05, 3.63) is 28.6 Å². The highest BCUT2D eigenvalue weighted by Crippen LogP contribution is 2.19. The van der Waals surface area contributed by atoms with E-state index in [0.717, 1.165) is 0 Å². The first kappa shape index (κ1) is 12.2. The average molecular weight is 274 g/mol. The quantitative estimate of drug-likeness (QED) is 0.716. The Morgan fingerprint density at radius 1 is 1.45 bits per heavy atom. The molecule has 20 heavy (non-hydrogen) atoms. The molecule has 1 aromatic carbocycles. The molecule has 0 aliphatic carbocycles. The van der Waals surface area contributed by atoms with Crippen LogP contribution in [0.2, 0.25) is 0 Å². The number of nitrogens with zero attached hydrogens (tertiary/aromatic N) is 3. The lowest BCUT2D eigenvalue weighted by Crippen LogP contribution is -2.26. The number of hydrazone groups is 1. The first-order chi connectivity index (χ1) is 9.54. The van der Waals surface area contributed by atoms with E-state index in [1.807, 2.05) is 0 Å². The van der Waals surface area contributed by atoms with Crippen molar-refractivity contribution in [1.29, 1.82) is 0 Å². The molecule has 0 spiro atoms. The van der Waals surface area contributed by atoms with Crippen LogP contribution in [0.3, 0.4) is 0 Å². The molecule has 1 atom stereocenters. The molecular weight excluding hydrogens is 264 g/mol. The third-order valence-corrected chi connectivity index (χ3v) is 2.99. The van der Waals surface area contributed by atoms with Gasteiger partial charge in [0.1, 0.15) is 11.7 Å². The van der Waals surface area contributed by atoms with Gasteiger partial charge < -0.3 is 10.2 Å². The van der Waals surface area contributed by atoms with Crippen LogP contribution < -0.4 is 10.6 Å². The first-order valence-corrected chi connectivity index (χ1v) is 5.82. The second kappa shape index (κ2) is 4.34. The van der Waals surface area contributed by atoms with Gasteiger partial charge >= 0.3 is 5.97 Å². The van der Waals surface area contributed by atoms with Crippen molar-refractivity contribution in [2.75, 3.05) is 11.6 Å². The van der Waals surface area contributed by atoms with E-state index in [9.17, 15) is 14.7 Å². The minimum atomic E-state index is -0.989. The Kier molecular flexibility index (Phi) is 2.63. The fourth-order valence-electron chi connectivity index (χ4n) is 1.96. The summed E-state index contributed by atoms with van der Waals surface area (Å²) in [6, 6.07) is 4.23. The molecule has 8 nitrogen and oxygen atoms in total. The van der Waals surface area contributed by atoms with E-state index in [-0.39, 0.29) is 23.8 Å². The molecule has 102 valence electrons. The molecular formula is C12H10N4O4. The smallest absolute Gasteiger partial charge is 0.313 e. The number of benzene rings is 1. The van der Waals surface area contributed by atoms with E-state index < -0.39 is 11.9 Å². The van der Waals surface area contributed by atoms with Crippen LogP contribution in [0.25, 0.3) is 10.9 Å². The number of hydrogen-bond acceptors (Lipinski definition) is 6. The predicted octanol–water partition coefficient (Wildman–Crippen LogP) is 0.135. The minimum absolute atomic E-state index is 0.00474. The van der Waals surface area contributed by atoms with Gasteiger partial charge in [0.2, 0.25) is 5.95 Å². The zero-order valence-electron chi connectivity index (χ0n) is 10.1. The normalized spacial score (nSPS) is 17.8. The molecule has 0 saturated carbocycles. The third kappa shape index (κ3) is 1.96. The SMILES string of the molecule is O=C(O)C1C=NN(c2nc3cc(O)ccc3c(=O)[nH]2)C1. The fraction of sp³-hybridized carbons (Fsp3) is 0.167. The van der Waals surface area contributed by atoms with Gasteiger partial charge in [-0.15, -0.1) is 0 Å². The second-order valence-electron chi connectivity index (χ2n) is 4.38. The van der Waals surface area contributed by atoms with Crippen molar-refractivity contribution in [1.82, 2.24) is 9.97 Å². The Bertz CT molecular complexity index is 783. The van der Waals surface area contributed by atoms with Crippen LogP contribution in [0.1, 0.15) is 0 Å². The zero-order chi connectivity index (χ0) is 14.3. The van der Waals surface area contributed by atoms with Crippen LogP contribution in [0.15, 0.2) is 28.1 Å². The number of anilines is 1. The van der Waals surface area contributed by atoms with E-state index >= 15 is 0 Å². The van der Waals surface area contributed by atoms with Crippen LogP contribution in [0, 0.1) is 5.92 Å². The van der Waals surface area contributed by atoms with Gasteiger partial charge in [0.15, 0.2) is 0 Å². The maximum Gasteiger partial charge on any atom is 0.313 e. The Morgan fingerprint density at radius 3 is 2.95 bits per heavy atom. The lowest BCUT2D eigenvalue weighted by atomic mass is 10.2. The topological polar surface area (TPSA) is 119 Å². The van der Waals surface area contributed by atoms with Gasteiger partial charge in [-0.1, -0.05) is 0 Å². The van der Waals surface area contributed by atoms with E-state index in [1.54, 1.807) is 0 Å². The van der Waals surface area contributed by atoms with Gasteiger partial charge in [-0.05, 0) is 12.1 Å². The molecule has 0 saturated heterocycles. The summed E-state index contributed by atoms with van der Waals surface area (Å²) in [4.78, 5) is 29.5. The standard InChI is InChI=1S/C12H10N4O4/c17-7-1-2-8-9(3-7)14-12(15-10(8)18)16-5-6(4-13-16)11(19)20/h1-4,6,17H,5H2,(H,19,20)(H,14,15,18). The molecule has 0 amide bonds. The number of H-pyrrole nitrogens is 1. The summed E-state index contributed by atoms with van der Waals surface area (Å²) in [5, 5.41) is 23.9. The number of phenols is 1. The molecule has 0 fully saturated rings. The molecule has 0 radical (unpaired) electrons. The minimum Gasteiger partial charge on any atom is -0.508 e. The highest BCUT2D eigenvalue weighted by Gasteiger charge is 2.26. The van der Waals surface area contributed by atoms with Crippen LogP contribution in [0.4, 0.5) is 5.95 Å². The monoisotopic (exact) mass is 274 g/mol. The van der Waals surface area contributed by atoms with Crippen molar-refractivity contribution >= 4 is 29.0 Å². The molecule has 1 unspecified atom stereocenters. The van der Waals surface area contributed by atoms with Crippen molar-refractivity contribution in [3.63, 3.8) is 0 Å². The number of aromatic amines is 1. The molecule has 3 rings (SSSR count). The van der Waals surface area contributed by atoms with Crippen LogP contribution in [-0.2, 0) is 4.79 Å². The molecule has 1 aliphatic rings. The number of carboxylic acid groups (broad SMARTS) is 1. The number of hydrogen-bond donors (Lipinski definition) is 3. The number of nitrogens with one attached hydrogen (secondary N) is 1. The van der Waals surface area contributed by atoms with Gasteiger partial charge in [0.05, 0.1) is 17.4 Å². The summed E-state index contributed by atoms with van der Waals surface area (Å²) < 4.78 is 0. The van der Waals surface area contributed by atoms with Crippen LogP contribution in [-0.4, -0.2) is 38.9 Å². The number of phenolic OH excluding ortho intramolecular Hbond substituents is 1. The van der Waals surface area contributed by atoms with Gasteiger partial charge in [-0.2, -0.15) is 5.10 Å². The highest BCUT2D eigenvalue weighted by molar-refractivity contribution is 5.91. The van der Waals surface area contributed by atoms with E-state index in [1.165, 1.54) is 29.4 Å². The Morgan fingerprint density at radius 2 is 2.25 bits per heavy atom. The number of aromatic hydroxyl groups is 1. The molecule has 0 bridgehead atoms. The van der Waals surface area contributed by atoms with Crippen molar-refractivity contribution in [2.24, 2.45) is 11.0 Å². The number of carbonyl (C=O) groups is 1. The summed E-state index contributed by atoms with van der Waals surface area (Å²) in [5.41, 5.74) is -0.0586. The van der Waals surface area contributed by atoms with Gasteiger partial charge in [0.25, 0.3) is 5.56 Å². The lowest BCUT2D eigenvalue weighted by molar-refractivity contribution is -0.138. The van der Waals surface area contributed by atoms with E-state index in [2.05, 4.69) is 15.1 Å². The summed E-state index contributed by atoms with van der Waals surface area (Å²) in [6.45, 7) is 0.0998. The molecule has 8 heteroatoms. The Hall–Kier alpha value is -2.90. The molecule has 2 heterocycles. The number of aliphatic carboxylic acids is 1. The maximum absolute atomic E-state index is 11.9. The molecule has 1 aliphatic heterocycles. The van der Waals surface area contributed by atoms with E-state index in [4.69, 9.17) is 5.11 Å². The summed E-state index contributed by atoms with van der Waals surface area (Å²) in [7, 11) is 0. The van der Waals surface area contributed by atoms with Crippen LogP contribution in [0.5, 0.6) is 5.75 Å². The largest absolute Gasteiger partial charge is 0.508 e. The number of carboxylic acids is 1. The van der Waals surface area contributed by atoms with Crippen LogP contribution >= 0.6 is 0 Å². The second-order valence-corrected chi connectivity index (χ2v) is 4.38. The summed E-state index contributed by atoms with van der Waals surface area (Å²) in [6.07, 6.45) is 1.29. The summed E-state index contributed by atoms with van der Waals surface area (Å²) >= 11 is 0. The number of aromatic nitrogens is 2. The predicted molar refractivity (Wildman–Crippen MR) is 71.0 cm³/mol. The summed E-state index contributed by atoms with van der Waals surface area (Å²) in [5.74, 6) is -1.58. The Labute approximate surface area is 112 Å². The zero-order valence-corrected chi connectivity index (χ0v) is 10.1. The number of rotatable bonds is 2. The highest BCUT2D eigenvalue weighted by atomic mass is 16.4. The van der Waals surface area contributed by atoms with Gasteiger partial charge in [-0.3, -0.25) is 14.6 Å². The van der Waals surface area contributed by atoms with Gasteiger partial charge in [0, 0.05) is 12.3 Å². The molecule has 1 aromatic heterocycles. The Balaban J connectivity index is 2.04. The van der Waals surface area contributed by atoms with Crippen molar-refractivity contribution in [3.8, 4) is 5.75 Å². The maximum atomic E-state index is 11.9. The van der Waals surface area contributed by atoms with Gasteiger partial charge in [-0.25, -0.2) is 9.99 Å². The fourth-order valence-corrected chi connectivity index (χ4v) is 1.96. The number of fused-ring (bicyclic) bond motifs is 1. The molecule has 3 N–H and O–H groups in total. The third-order valence-electron chi connectivity index (χ3n) is 2.99. The van der Waals surface area contributed by atoms with E-state index in [0.29, 0.717) is 10.9 Å². The first-order valence-electron chi connectivity index (χ1n) is 5.82. The van der Waals surface area contributed by atoms with Crippen molar-refractivity contribution in [2.45, 2.75) is 0 Å². The lowest BCUT2D eigenvalue weighted by Gasteiger charge is -2.13.